The van der Waals surface area contributed by atoms with Gasteiger partial charge in [0, 0.05) is 18.5 Å². The average molecular weight is 550 g/mol. The molecule has 0 aliphatic heterocycles. The number of hydrogen-bond acceptors (Lipinski definition) is 7. The SMILES string of the molecule is C#Cc1ccccc1C(C(=O)NCC(=O)OC)N(CC=C)C(=O)C(Cc1ccc(O)cc1)NC(=O)OC(C)(C)C. The van der Waals surface area contributed by atoms with E-state index >= 15 is 0 Å². The lowest BCUT2D eigenvalue weighted by Gasteiger charge is -2.34. The number of terminal acetylenes is 1. The van der Waals surface area contributed by atoms with Crippen LogP contribution in [0.15, 0.2) is 61.2 Å². The third-order valence-electron chi connectivity index (χ3n) is 5.58. The quantitative estimate of drug-likeness (QED) is 0.223. The summed E-state index contributed by atoms with van der Waals surface area (Å²) in [6.07, 6.45) is 6.32. The first-order valence-electron chi connectivity index (χ1n) is 12.5. The van der Waals surface area contributed by atoms with E-state index in [-0.39, 0.29) is 18.7 Å². The van der Waals surface area contributed by atoms with Crippen LogP contribution >= 0.6 is 0 Å². The predicted octanol–water partition coefficient (Wildman–Crippen LogP) is 2.85. The van der Waals surface area contributed by atoms with Gasteiger partial charge in [0.2, 0.25) is 11.8 Å². The predicted molar refractivity (Wildman–Crippen MR) is 149 cm³/mol. The van der Waals surface area contributed by atoms with Crippen molar-refractivity contribution in [3.05, 3.63) is 77.9 Å². The van der Waals surface area contributed by atoms with Crippen molar-refractivity contribution >= 4 is 23.9 Å². The fourth-order valence-electron chi connectivity index (χ4n) is 3.83. The second kappa shape index (κ2) is 14.4. The molecule has 2 unspecified atom stereocenters. The molecule has 3 amide bonds. The molecule has 0 fully saturated rings. The maximum absolute atomic E-state index is 14.2. The van der Waals surface area contributed by atoms with Gasteiger partial charge in [-0.3, -0.25) is 14.4 Å². The highest BCUT2D eigenvalue weighted by Gasteiger charge is 2.37. The maximum Gasteiger partial charge on any atom is 0.408 e. The first kappa shape index (κ1) is 31.4. The van der Waals surface area contributed by atoms with Crippen LogP contribution in [0.3, 0.4) is 0 Å². The van der Waals surface area contributed by atoms with E-state index in [1.165, 1.54) is 30.2 Å². The Kier molecular flexibility index (Phi) is 11.3. The van der Waals surface area contributed by atoms with E-state index in [0.717, 1.165) is 0 Å². The zero-order chi connectivity index (χ0) is 29.9. The van der Waals surface area contributed by atoms with E-state index in [0.29, 0.717) is 16.7 Å². The van der Waals surface area contributed by atoms with Crippen molar-refractivity contribution in [3.63, 3.8) is 0 Å². The number of benzene rings is 2. The number of esters is 1. The van der Waals surface area contributed by atoms with Gasteiger partial charge in [0.1, 0.15) is 30.0 Å². The lowest BCUT2D eigenvalue weighted by atomic mass is 9.96. The normalized spacial score (nSPS) is 12.2. The Balaban J connectivity index is 2.58. The fraction of sp³-hybridized carbons (Fsp3) is 0.333. The molecular formula is C30H35N3O7. The van der Waals surface area contributed by atoms with Crippen LogP contribution < -0.4 is 10.6 Å². The molecule has 10 heteroatoms. The van der Waals surface area contributed by atoms with Crippen molar-refractivity contribution in [2.24, 2.45) is 0 Å². The Morgan fingerprint density at radius 3 is 2.35 bits per heavy atom. The largest absolute Gasteiger partial charge is 0.508 e. The van der Waals surface area contributed by atoms with Gasteiger partial charge in [-0.05, 0) is 50.1 Å². The van der Waals surface area contributed by atoms with E-state index in [2.05, 4.69) is 27.9 Å². The maximum atomic E-state index is 14.2. The van der Waals surface area contributed by atoms with Crippen LogP contribution in [-0.4, -0.2) is 65.7 Å². The molecule has 2 aromatic rings. The number of alkyl carbamates (subject to hydrolysis) is 1. The molecule has 40 heavy (non-hydrogen) atoms. The molecule has 0 radical (unpaired) electrons. The van der Waals surface area contributed by atoms with Crippen LogP contribution in [0.5, 0.6) is 5.75 Å². The second-order valence-corrected chi connectivity index (χ2v) is 9.78. The summed E-state index contributed by atoms with van der Waals surface area (Å²) in [5, 5.41) is 14.8. The zero-order valence-electron chi connectivity index (χ0n) is 23.1. The summed E-state index contributed by atoms with van der Waals surface area (Å²) in [7, 11) is 1.18. The number of amides is 3. The first-order chi connectivity index (χ1) is 18.9. The van der Waals surface area contributed by atoms with Crippen molar-refractivity contribution in [1.29, 1.82) is 0 Å². The molecule has 0 spiro atoms. The van der Waals surface area contributed by atoms with Crippen molar-refractivity contribution < 1.29 is 33.8 Å². The summed E-state index contributed by atoms with van der Waals surface area (Å²) in [6.45, 7) is 8.25. The molecule has 0 bridgehead atoms. The Labute approximate surface area is 234 Å². The third-order valence-corrected chi connectivity index (χ3v) is 5.58. The van der Waals surface area contributed by atoms with Gasteiger partial charge in [0.25, 0.3) is 0 Å². The van der Waals surface area contributed by atoms with Crippen molar-refractivity contribution in [2.45, 2.75) is 44.9 Å². The summed E-state index contributed by atoms with van der Waals surface area (Å²) in [4.78, 5) is 53.4. The fourth-order valence-corrected chi connectivity index (χ4v) is 3.83. The molecule has 0 aliphatic rings. The minimum atomic E-state index is -1.29. The smallest absolute Gasteiger partial charge is 0.408 e. The number of aromatic hydroxyl groups is 1. The number of carbonyl (C=O) groups is 4. The molecule has 2 rings (SSSR count). The number of nitrogens with zero attached hydrogens (tertiary/aromatic N) is 1. The lowest BCUT2D eigenvalue weighted by molar-refractivity contribution is -0.144. The highest BCUT2D eigenvalue weighted by Crippen LogP contribution is 2.26. The van der Waals surface area contributed by atoms with Gasteiger partial charge in [-0.25, -0.2) is 4.79 Å². The summed E-state index contributed by atoms with van der Waals surface area (Å²) in [5.74, 6) is 0.551. The standard InChI is InChI=1S/C30H35N3O7/c1-7-17-33(26(27(36)31-19-25(35)39-6)23-12-10-9-11-21(23)8-2)28(37)24(32-29(38)40-30(3,4)5)18-20-13-15-22(34)16-14-20/h2,7,9-16,24,26,34H,1,17-19H2,3-6H3,(H,31,36)(H,32,38). The van der Waals surface area contributed by atoms with Crippen molar-refractivity contribution in [2.75, 3.05) is 20.2 Å². The van der Waals surface area contributed by atoms with Gasteiger partial charge in [0.05, 0.1) is 7.11 Å². The number of methoxy groups -OCH3 is 1. The summed E-state index contributed by atoms with van der Waals surface area (Å²) >= 11 is 0. The van der Waals surface area contributed by atoms with Crippen molar-refractivity contribution in [1.82, 2.24) is 15.5 Å². The van der Waals surface area contributed by atoms with Crippen LogP contribution in [0, 0.1) is 12.3 Å². The molecule has 0 heterocycles. The molecule has 2 atom stereocenters. The van der Waals surface area contributed by atoms with Gasteiger partial charge in [-0.2, -0.15) is 0 Å². The van der Waals surface area contributed by atoms with E-state index < -0.39 is 48.1 Å². The molecule has 10 nitrogen and oxygen atoms in total. The summed E-state index contributed by atoms with van der Waals surface area (Å²) in [6, 6.07) is 10.3. The highest BCUT2D eigenvalue weighted by atomic mass is 16.6. The van der Waals surface area contributed by atoms with Gasteiger partial charge >= 0.3 is 12.1 Å². The number of carbonyl (C=O) groups excluding carboxylic acids is 4. The number of phenols is 1. The monoisotopic (exact) mass is 549 g/mol. The Hall–Kier alpha value is -4.78. The van der Waals surface area contributed by atoms with Gasteiger partial charge in [-0.1, -0.05) is 42.3 Å². The van der Waals surface area contributed by atoms with E-state index in [1.807, 2.05) is 0 Å². The number of hydrogen-bond donors (Lipinski definition) is 3. The van der Waals surface area contributed by atoms with E-state index in [1.54, 1.807) is 57.2 Å². The zero-order valence-corrected chi connectivity index (χ0v) is 23.1. The Morgan fingerprint density at radius 1 is 1.12 bits per heavy atom. The Morgan fingerprint density at radius 2 is 1.77 bits per heavy atom. The first-order valence-corrected chi connectivity index (χ1v) is 12.5. The van der Waals surface area contributed by atoms with Gasteiger partial charge in [-0.15, -0.1) is 13.0 Å². The second-order valence-electron chi connectivity index (χ2n) is 9.78. The third kappa shape index (κ3) is 9.20. The molecule has 0 aliphatic carbocycles. The van der Waals surface area contributed by atoms with Crippen LogP contribution in [0.4, 0.5) is 4.79 Å². The topological polar surface area (TPSA) is 134 Å². The summed E-state index contributed by atoms with van der Waals surface area (Å²) in [5.41, 5.74) is 0.487. The molecule has 0 saturated heterocycles. The number of ether oxygens (including phenoxy) is 2. The molecule has 0 saturated carbocycles. The Bertz CT molecular complexity index is 1260. The van der Waals surface area contributed by atoms with Crippen LogP contribution in [-0.2, 0) is 30.3 Å². The number of rotatable bonds is 11. The molecule has 0 aromatic heterocycles. The van der Waals surface area contributed by atoms with E-state index in [9.17, 15) is 24.3 Å². The van der Waals surface area contributed by atoms with Crippen molar-refractivity contribution in [3.8, 4) is 18.1 Å². The van der Waals surface area contributed by atoms with Crippen LogP contribution in [0.25, 0.3) is 0 Å². The van der Waals surface area contributed by atoms with Crippen LogP contribution in [0.1, 0.15) is 43.5 Å². The van der Waals surface area contributed by atoms with Gasteiger partial charge in [0.15, 0.2) is 0 Å². The molecule has 212 valence electrons. The molecule has 2 aromatic carbocycles. The average Bonchev–Trinajstić information content (AvgIpc) is 2.91. The van der Waals surface area contributed by atoms with Gasteiger partial charge < -0.3 is 30.1 Å². The minimum Gasteiger partial charge on any atom is -0.508 e. The number of nitrogens with one attached hydrogen (secondary N) is 2. The van der Waals surface area contributed by atoms with Crippen LogP contribution in [0.2, 0.25) is 0 Å². The van der Waals surface area contributed by atoms with E-state index in [4.69, 9.17) is 11.2 Å². The molecule has 3 N–H and O–H groups in total. The number of phenolic OH excluding ortho intramolecular Hbond substituents is 1. The summed E-state index contributed by atoms with van der Waals surface area (Å²) < 4.78 is 10.0. The molecular weight excluding hydrogens is 514 g/mol. The highest BCUT2D eigenvalue weighted by molar-refractivity contribution is 5.93. The lowest BCUT2D eigenvalue weighted by Crippen LogP contribution is -2.54. The minimum absolute atomic E-state index is 0.0132.